The van der Waals surface area contributed by atoms with Gasteiger partial charge in [0.05, 0.1) is 0 Å². The van der Waals surface area contributed by atoms with E-state index in [0.29, 0.717) is 6.04 Å². The third-order valence-electron chi connectivity index (χ3n) is 3.40. The third-order valence-corrected chi connectivity index (χ3v) is 4.59. The molecule has 1 nitrogen and oxygen atoms in total. The standard InChI is InChI=1S/C17H22ClNS/c1-2-11-19-16(9-10-17-4-3-12-20-17)13-14-5-7-15(18)8-6-14/h3-8,12,16,19H,2,9-11,13H2,1H3. The van der Waals surface area contributed by atoms with Gasteiger partial charge in [-0.25, -0.2) is 0 Å². The predicted molar refractivity (Wildman–Crippen MR) is 89.9 cm³/mol. The molecule has 2 aromatic rings. The van der Waals surface area contributed by atoms with Gasteiger partial charge in [0.15, 0.2) is 0 Å². The molecule has 0 saturated carbocycles. The summed E-state index contributed by atoms with van der Waals surface area (Å²) in [6, 6.07) is 13.1. The molecule has 20 heavy (non-hydrogen) atoms. The fraction of sp³-hybridized carbons (Fsp3) is 0.412. The van der Waals surface area contributed by atoms with Crippen LogP contribution < -0.4 is 5.32 Å². The molecule has 1 aromatic heterocycles. The molecule has 0 saturated heterocycles. The molecular formula is C17H22ClNS. The van der Waals surface area contributed by atoms with Crippen LogP contribution in [0.25, 0.3) is 0 Å². The van der Waals surface area contributed by atoms with E-state index in [2.05, 4.69) is 41.9 Å². The molecule has 0 amide bonds. The summed E-state index contributed by atoms with van der Waals surface area (Å²) >= 11 is 7.80. The lowest BCUT2D eigenvalue weighted by molar-refractivity contribution is 0.479. The Hall–Kier alpha value is -0.830. The van der Waals surface area contributed by atoms with Gasteiger partial charge in [0.1, 0.15) is 0 Å². The highest BCUT2D eigenvalue weighted by molar-refractivity contribution is 7.09. The number of hydrogen-bond donors (Lipinski definition) is 1. The fourth-order valence-corrected chi connectivity index (χ4v) is 3.15. The summed E-state index contributed by atoms with van der Waals surface area (Å²) in [6.07, 6.45) is 4.59. The first-order valence-corrected chi connectivity index (χ1v) is 8.54. The summed E-state index contributed by atoms with van der Waals surface area (Å²) in [5.41, 5.74) is 1.36. The average molecular weight is 308 g/mol. The minimum absolute atomic E-state index is 0.540. The van der Waals surface area contributed by atoms with Crippen LogP contribution in [0.1, 0.15) is 30.2 Å². The van der Waals surface area contributed by atoms with Gasteiger partial charge in [0, 0.05) is 15.9 Å². The van der Waals surface area contributed by atoms with Gasteiger partial charge in [0.2, 0.25) is 0 Å². The van der Waals surface area contributed by atoms with E-state index >= 15 is 0 Å². The lowest BCUT2D eigenvalue weighted by Gasteiger charge is -2.18. The third kappa shape index (κ3) is 5.28. The van der Waals surface area contributed by atoms with Gasteiger partial charge in [-0.15, -0.1) is 11.3 Å². The molecule has 1 aromatic carbocycles. The SMILES string of the molecule is CCCNC(CCc1cccs1)Cc1ccc(Cl)cc1. The summed E-state index contributed by atoms with van der Waals surface area (Å²) in [7, 11) is 0. The zero-order valence-corrected chi connectivity index (χ0v) is 13.5. The van der Waals surface area contributed by atoms with Crippen molar-refractivity contribution < 1.29 is 0 Å². The van der Waals surface area contributed by atoms with Gasteiger partial charge in [-0.2, -0.15) is 0 Å². The van der Waals surface area contributed by atoms with Gasteiger partial charge in [-0.3, -0.25) is 0 Å². The summed E-state index contributed by atoms with van der Waals surface area (Å²) in [5, 5.41) is 6.63. The van der Waals surface area contributed by atoms with E-state index < -0.39 is 0 Å². The molecule has 1 N–H and O–H groups in total. The zero-order chi connectivity index (χ0) is 14.2. The first-order chi connectivity index (χ1) is 9.78. The van der Waals surface area contributed by atoms with Crippen LogP contribution in [-0.2, 0) is 12.8 Å². The lowest BCUT2D eigenvalue weighted by Crippen LogP contribution is -2.32. The Morgan fingerprint density at radius 1 is 1.20 bits per heavy atom. The van der Waals surface area contributed by atoms with Crippen molar-refractivity contribution in [2.75, 3.05) is 6.54 Å². The van der Waals surface area contributed by atoms with E-state index in [4.69, 9.17) is 11.6 Å². The van der Waals surface area contributed by atoms with Crippen molar-refractivity contribution in [1.82, 2.24) is 5.32 Å². The molecule has 1 atom stereocenters. The molecule has 2 rings (SSSR count). The van der Waals surface area contributed by atoms with Crippen LogP contribution in [0.2, 0.25) is 5.02 Å². The summed E-state index contributed by atoms with van der Waals surface area (Å²) in [4.78, 5) is 1.48. The van der Waals surface area contributed by atoms with Crippen LogP contribution in [0, 0.1) is 0 Å². The number of hydrogen-bond acceptors (Lipinski definition) is 2. The van der Waals surface area contributed by atoms with Crippen LogP contribution in [0.4, 0.5) is 0 Å². The minimum Gasteiger partial charge on any atom is -0.314 e. The highest BCUT2D eigenvalue weighted by atomic mass is 35.5. The molecule has 1 heterocycles. The number of nitrogens with one attached hydrogen (secondary N) is 1. The number of rotatable bonds is 8. The molecule has 0 aliphatic carbocycles. The number of benzene rings is 1. The Morgan fingerprint density at radius 3 is 2.65 bits per heavy atom. The molecule has 0 aliphatic rings. The van der Waals surface area contributed by atoms with Crippen molar-refractivity contribution >= 4 is 22.9 Å². The van der Waals surface area contributed by atoms with Crippen LogP contribution in [-0.4, -0.2) is 12.6 Å². The molecule has 108 valence electrons. The quantitative estimate of drug-likeness (QED) is 0.728. The van der Waals surface area contributed by atoms with Gasteiger partial charge in [-0.05, 0) is 61.4 Å². The number of thiophene rings is 1. The summed E-state index contributed by atoms with van der Waals surface area (Å²) in [6.45, 7) is 3.30. The second kappa shape index (κ2) is 8.46. The lowest BCUT2D eigenvalue weighted by atomic mass is 10.0. The topological polar surface area (TPSA) is 12.0 Å². The van der Waals surface area contributed by atoms with Crippen LogP contribution in [0.15, 0.2) is 41.8 Å². The van der Waals surface area contributed by atoms with Crippen LogP contribution in [0.5, 0.6) is 0 Å². The van der Waals surface area contributed by atoms with Crippen molar-refractivity contribution in [2.45, 2.75) is 38.6 Å². The van der Waals surface area contributed by atoms with E-state index in [1.807, 2.05) is 23.5 Å². The van der Waals surface area contributed by atoms with Gasteiger partial charge in [0.25, 0.3) is 0 Å². The maximum absolute atomic E-state index is 5.95. The normalized spacial score (nSPS) is 12.5. The summed E-state index contributed by atoms with van der Waals surface area (Å²) in [5.74, 6) is 0. The summed E-state index contributed by atoms with van der Waals surface area (Å²) < 4.78 is 0. The molecule has 0 fully saturated rings. The van der Waals surface area contributed by atoms with Crippen molar-refractivity contribution in [3.05, 3.63) is 57.2 Å². The van der Waals surface area contributed by atoms with Crippen LogP contribution in [0.3, 0.4) is 0 Å². The number of aryl methyl sites for hydroxylation is 1. The Morgan fingerprint density at radius 2 is 2.00 bits per heavy atom. The molecule has 1 unspecified atom stereocenters. The fourth-order valence-electron chi connectivity index (χ4n) is 2.30. The maximum atomic E-state index is 5.95. The second-order valence-corrected chi connectivity index (χ2v) is 6.57. The highest BCUT2D eigenvalue weighted by Gasteiger charge is 2.09. The number of halogens is 1. The Balaban J connectivity index is 1.90. The molecule has 0 bridgehead atoms. The van der Waals surface area contributed by atoms with Crippen molar-refractivity contribution in [3.8, 4) is 0 Å². The monoisotopic (exact) mass is 307 g/mol. The molecule has 3 heteroatoms. The average Bonchev–Trinajstić information content (AvgIpc) is 2.97. The zero-order valence-electron chi connectivity index (χ0n) is 11.9. The molecule has 0 radical (unpaired) electrons. The predicted octanol–water partition coefficient (Wildman–Crippen LogP) is 4.95. The smallest absolute Gasteiger partial charge is 0.0406 e. The van der Waals surface area contributed by atoms with Gasteiger partial charge >= 0.3 is 0 Å². The first kappa shape index (κ1) is 15.6. The molecule has 0 aliphatic heterocycles. The Labute approximate surface area is 131 Å². The van der Waals surface area contributed by atoms with E-state index in [-0.39, 0.29) is 0 Å². The maximum Gasteiger partial charge on any atom is 0.0406 e. The van der Waals surface area contributed by atoms with Crippen molar-refractivity contribution in [2.24, 2.45) is 0 Å². The van der Waals surface area contributed by atoms with Crippen molar-refractivity contribution in [1.29, 1.82) is 0 Å². The molecule has 0 spiro atoms. The van der Waals surface area contributed by atoms with Crippen LogP contribution >= 0.6 is 22.9 Å². The molecular weight excluding hydrogens is 286 g/mol. The van der Waals surface area contributed by atoms with E-state index in [9.17, 15) is 0 Å². The minimum atomic E-state index is 0.540. The van der Waals surface area contributed by atoms with E-state index in [0.717, 1.165) is 24.4 Å². The Bertz CT molecular complexity index is 478. The Kier molecular flexibility index (Phi) is 6.58. The second-order valence-electron chi connectivity index (χ2n) is 5.10. The first-order valence-electron chi connectivity index (χ1n) is 7.28. The van der Waals surface area contributed by atoms with Gasteiger partial charge < -0.3 is 5.32 Å². The largest absolute Gasteiger partial charge is 0.314 e. The van der Waals surface area contributed by atoms with E-state index in [1.165, 1.54) is 23.3 Å². The van der Waals surface area contributed by atoms with E-state index in [1.54, 1.807) is 0 Å². The van der Waals surface area contributed by atoms with Gasteiger partial charge in [-0.1, -0.05) is 36.7 Å². The van der Waals surface area contributed by atoms with Crippen molar-refractivity contribution in [3.63, 3.8) is 0 Å². The highest BCUT2D eigenvalue weighted by Crippen LogP contribution is 2.16.